The van der Waals surface area contributed by atoms with Crippen LogP contribution >= 0.6 is 23.9 Å². The molecule has 43 heavy (non-hydrogen) atoms. The molecule has 0 aliphatic carbocycles. The fourth-order valence-corrected chi connectivity index (χ4v) is 6.78. The number of H-pyrrole nitrogens is 1. The molecule has 21 nitrogen and oxygen atoms in total. The SMILES string of the molecule is Nc1nc2c(c(COCc3ccccc3[N+](=O)[O-])cn2[C@H]2C[C@H](O)[C@@H](CO[P+](=O)OP(=O)(O)OP(=O)(O)OO)O2)c(=O)[nH]1. The monoisotopic (exact) mass is 670 g/mol. The Hall–Kier alpha value is -3.00. The number of hydrogen-bond acceptors (Lipinski definition) is 16. The molecular formula is C19H23N5O16P3+. The highest BCUT2D eigenvalue weighted by molar-refractivity contribution is 7.64. The van der Waals surface area contributed by atoms with Gasteiger partial charge in [-0.1, -0.05) is 12.1 Å². The highest BCUT2D eigenvalue weighted by Gasteiger charge is 2.46. The Balaban J connectivity index is 1.46. The van der Waals surface area contributed by atoms with Crippen LogP contribution in [0.3, 0.4) is 0 Å². The number of aliphatic hydroxyl groups is 1. The molecule has 1 aromatic carbocycles. The lowest BCUT2D eigenvalue weighted by molar-refractivity contribution is -0.386. The van der Waals surface area contributed by atoms with E-state index in [4.69, 9.17) is 29.9 Å². The van der Waals surface area contributed by atoms with Crippen LogP contribution in [0.1, 0.15) is 23.8 Å². The van der Waals surface area contributed by atoms with Crippen LogP contribution in [0.2, 0.25) is 0 Å². The van der Waals surface area contributed by atoms with Gasteiger partial charge in [-0.2, -0.15) is 9.29 Å². The lowest BCUT2D eigenvalue weighted by Gasteiger charge is -2.14. The van der Waals surface area contributed by atoms with Crippen molar-refractivity contribution in [2.75, 3.05) is 12.3 Å². The molecule has 2 aromatic heterocycles. The maximum atomic E-state index is 12.8. The number of nitrogens with one attached hydrogen (secondary N) is 1. The number of nitrogens with zero attached hydrogens (tertiary/aromatic N) is 3. The summed E-state index contributed by atoms with van der Waals surface area (Å²) in [7, 11) is -14.4. The summed E-state index contributed by atoms with van der Waals surface area (Å²) in [5, 5.41) is 30.0. The molecule has 0 spiro atoms. The first-order valence-electron chi connectivity index (χ1n) is 11.7. The molecule has 1 aliphatic heterocycles. The summed E-state index contributed by atoms with van der Waals surface area (Å²) in [5.74, 6) is -0.230. The number of anilines is 1. The molecule has 4 rings (SSSR count). The van der Waals surface area contributed by atoms with Gasteiger partial charge in [-0.3, -0.25) is 24.8 Å². The highest BCUT2D eigenvalue weighted by atomic mass is 31.3. The van der Waals surface area contributed by atoms with Gasteiger partial charge in [0.25, 0.3) is 11.2 Å². The quantitative estimate of drug-likeness (QED) is 0.0618. The summed E-state index contributed by atoms with van der Waals surface area (Å²) in [5.41, 5.74) is 5.62. The number of aromatic amines is 1. The second-order valence-corrected chi connectivity index (χ2v) is 12.8. The highest BCUT2D eigenvalue weighted by Crippen LogP contribution is 2.63. The van der Waals surface area contributed by atoms with Gasteiger partial charge in [0.15, 0.2) is 5.65 Å². The van der Waals surface area contributed by atoms with Crippen LogP contribution in [-0.4, -0.2) is 58.4 Å². The van der Waals surface area contributed by atoms with Crippen molar-refractivity contribution in [3.8, 4) is 0 Å². The number of nitro groups is 1. The van der Waals surface area contributed by atoms with Gasteiger partial charge in [0.1, 0.15) is 18.9 Å². The van der Waals surface area contributed by atoms with E-state index in [-0.39, 0.29) is 42.3 Å². The van der Waals surface area contributed by atoms with Gasteiger partial charge in [-0.25, -0.2) is 14.4 Å². The topological polar surface area (TPSA) is 307 Å². The molecule has 234 valence electrons. The number of fused-ring (bicyclic) bond motifs is 1. The first kappa shape index (κ1) is 32.9. The van der Waals surface area contributed by atoms with Gasteiger partial charge in [-0.15, -0.1) is 9.20 Å². The number of rotatable bonds is 14. The molecule has 0 radical (unpaired) electrons. The Morgan fingerprint density at radius 3 is 2.63 bits per heavy atom. The average Bonchev–Trinajstić information content (AvgIpc) is 3.46. The summed E-state index contributed by atoms with van der Waals surface area (Å²) in [6.07, 6.45) is -2.11. The standard InChI is InChI=1S/C19H22N5O16P3/c20-19-21-17-16(18(26)22-19)11(8-35-7-10-3-1-2-4-12(10)24(27)28)6-23(17)15-5-13(25)14(37-15)9-36-41(30)39-43(33,34)40-42(31,32)38-29/h1-4,6,13-15,25H,5,7-9H2,(H5-,20,21,22,26,29,31,32,33,34)/p+1/t13-,14+,15+/m0/s1. The van der Waals surface area contributed by atoms with Crippen molar-refractivity contribution < 1.29 is 66.1 Å². The predicted molar refractivity (Wildman–Crippen MR) is 140 cm³/mol. The lowest BCUT2D eigenvalue weighted by Crippen LogP contribution is -2.25. The second-order valence-electron chi connectivity index (χ2n) is 8.72. The zero-order valence-corrected chi connectivity index (χ0v) is 24.1. The number of benzene rings is 1. The Labute approximate surface area is 239 Å². The Bertz CT molecular complexity index is 1680. The number of para-hydroxylation sites is 1. The van der Waals surface area contributed by atoms with Crippen molar-refractivity contribution >= 4 is 46.6 Å². The van der Waals surface area contributed by atoms with E-state index < -0.39 is 59.4 Å². The third-order valence-corrected chi connectivity index (χ3v) is 9.40. The largest absolute Gasteiger partial charge is 0.708 e. The molecule has 0 amide bonds. The molecule has 0 saturated carbocycles. The van der Waals surface area contributed by atoms with Crippen molar-refractivity contribution in [1.82, 2.24) is 14.5 Å². The van der Waals surface area contributed by atoms with Crippen molar-refractivity contribution in [2.24, 2.45) is 0 Å². The van der Waals surface area contributed by atoms with Gasteiger partial charge >= 0.3 is 23.9 Å². The zero-order valence-electron chi connectivity index (χ0n) is 21.4. The number of aromatic nitrogens is 3. The third kappa shape index (κ3) is 8.14. The summed E-state index contributed by atoms with van der Waals surface area (Å²) in [4.78, 5) is 48.2. The minimum Gasteiger partial charge on any atom is -0.390 e. The molecule has 3 aromatic rings. The maximum absolute atomic E-state index is 12.8. The van der Waals surface area contributed by atoms with Crippen LogP contribution in [-0.2, 0) is 54.2 Å². The molecule has 3 unspecified atom stereocenters. The zero-order chi connectivity index (χ0) is 31.5. The van der Waals surface area contributed by atoms with Crippen LogP contribution in [0.15, 0.2) is 35.3 Å². The number of nitrogens with two attached hydrogens (primary N) is 1. The predicted octanol–water partition coefficient (Wildman–Crippen LogP) is 1.98. The van der Waals surface area contributed by atoms with E-state index in [9.17, 15) is 38.6 Å². The second kappa shape index (κ2) is 13.3. The van der Waals surface area contributed by atoms with E-state index in [2.05, 4.69) is 23.3 Å². The van der Waals surface area contributed by atoms with E-state index in [1.807, 2.05) is 0 Å². The van der Waals surface area contributed by atoms with Gasteiger partial charge in [0.05, 0.1) is 35.2 Å². The van der Waals surface area contributed by atoms with Crippen molar-refractivity contribution in [3.63, 3.8) is 0 Å². The number of aliphatic hydroxyl groups excluding tert-OH is 1. The summed E-state index contributed by atoms with van der Waals surface area (Å²) >= 11 is 0. The number of ether oxygens (including phenoxy) is 2. The summed E-state index contributed by atoms with van der Waals surface area (Å²) in [6, 6.07) is 5.96. The van der Waals surface area contributed by atoms with E-state index in [1.165, 1.54) is 29.0 Å². The lowest BCUT2D eigenvalue weighted by atomic mass is 10.2. The minimum atomic E-state index is -5.51. The van der Waals surface area contributed by atoms with Crippen molar-refractivity contribution in [2.45, 2.75) is 38.1 Å². The van der Waals surface area contributed by atoms with Crippen LogP contribution < -0.4 is 11.3 Å². The first-order chi connectivity index (χ1) is 20.2. The van der Waals surface area contributed by atoms with Gasteiger partial charge in [0.2, 0.25) is 5.95 Å². The molecule has 1 saturated heterocycles. The number of phosphoric acid groups is 2. The smallest absolute Gasteiger partial charge is 0.390 e. The normalized spacial score (nSPS) is 21.9. The van der Waals surface area contributed by atoms with Gasteiger partial charge < -0.3 is 29.8 Å². The van der Waals surface area contributed by atoms with Crippen molar-refractivity contribution in [1.29, 1.82) is 0 Å². The number of nitro benzene ring substituents is 1. The average molecular weight is 670 g/mol. The molecule has 7 N–H and O–H groups in total. The van der Waals surface area contributed by atoms with Crippen LogP contribution in [0.4, 0.5) is 11.6 Å². The van der Waals surface area contributed by atoms with E-state index in [0.29, 0.717) is 11.1 Å². The van der Waals surface area contributed by atoms with Gasteiger partial charge in [-0.05, 0) is 10.4 Å². The molecule has 24 heteroatoms. The Morgan fingerprint density at radius 2 is 1.93 bits per heavy atom. The molecule has 1 aliphatic rings. The van der Waals surface area contributed by atoms with Crippen LogP contribution in [0, 0.1) is 10.1 Å². The number of hydrogen-bond donors (Lipinski definition) is 6. The van der Waals surface area contributed by atoms with Crippen molar-refractivity contribution in [3.05, 3.63) is 62.1 Å². The fraction of sp³-hybridized carbons (Fsp3) is 0.368. The summed E-state index contributed by atoms with van der Waals surface area (Å²) in [6.45, 7) is -1.02. The van der Waals surface area contributed by atoms with E-state index in [1.54, 1.807) is 6.07 Å². The van der Waals surface area contributed by atoms with Gasteiger partial charge in [0, 0.05) is 28.8 Å². The first-order valence-corrected chi connectivity index (χ1v) is 15.8. The molecule has 6 atom stereocenters. The van der Waals surface area contributed by atoms with Crippen LogP contribution in [0.5, 0.6) is 0 Å². The molecular weight excluding hydrogens is 647 g/mol. The fourth-order valence-electron chi connectivity index (χ4n) is 4.10. The summed E-state index contributed by atoms with van der Waals surface area (Å²) < 4.78 is 62.8. The maximum Gasteiger partial charge on any atom is 0.708 e. The number of nitrogen functional groups attached to an aromatic ring is 1. The Morgan fingerprint density at radius 1 is 1.23 bits per heavy atom. The third-order valence-electron chi connectivity index (χ3n) is 5.82. The van der Waals surface area contributed by atoms with Crippen LogP contribution in [0.25, 0.3) is 11.0 Å². The Kier molecular flexibility index (Phi) is 10.2. The molecule has 3 heterocycles. The van der Waals surface area contributed by atoms with E-state index in [0.717, 1.165) is 0 Å². The molecule has 1 fully saturated rings. The van der Waals surface area contributed by atoms with E-state index >= 15 is 0 Å². The minimum absolute atomic E-state index is 0.0524. The molecule has 0 bridgehead atoms.